The second kappa shape index (κ2) is 8.50. The first-order valence-electron chi connectivity index (χ1n) is 10.6. The number of halogens is 2. The number of piperidine rings is 1. The topological polar surface area (TPSA) is 58.6 Å². The molecule has 0 spiro atoms. The molecule has 2 atom stereocenters. The van der Waals surface area contributed by atoms with Crippen LogP contribution in [0.15, 0.2) is 24.3 Å². The molecule has 4 rings (SSSR count). The van der Waals surface area contributed by atoms with Crippen molar-refractivity contribution in [3.8, 4) is 5.75 Å². The summed E-state index contributed by atoms with van der Waals surface area (Å²) in [7, 11) is 1.46. The fourth-order valence-electron chi connectivity index (χ4n) is 4.43. The molecule has 2 aliphatic rings. The van der Waals surface area contributed by atoms with Crippen molar-refractivity contribution in [2.24, 2.45) is 5.92 Å². The number of rotatable bonds is 3. The number of fused-ring (bicyclic) bond motifs is 3. The van der Waals surface area contributed by atoms with Gasteiger partial charge in [-0.3, -0.25) is 9.59 Å². The van der Waals surface area contributed by atoms with E-state index in [2.05, 4.69) is 12.2 Å². The van der Waals surface area contributed by atoms with Crippen molar-refractivity contribution in [1.82, 2.24) is 10.2 Å². The first-order chi connectivity index (χ1) is 14.8. The van der Waals surface area contributed by atoms with Crippen molar-refractivity contribution in [3.05, 3.63) is 62.9 Å². The molecule has 5 nitrogen and oxygen atoms in total. The maximum absolute atomic E-state index is 14.4. The third-order valence-electron chi connectivity index (χ3n) is 6.41. The molecule has 0 aliphatic carbocycles. The van der Waals surface area contributed by atoms with Crippen LogP contribution in [0.2, 0.25) is 5.02 Å². The zero-order valence-corrected chi connectivity index (χ0v) is 18.7. The molecule has 2 amide bonds. The average molecular weight is 445 g/mol. The van der Waals surface area contributed by atoms with E-state index in [0.29, 0.717) is 47.4 Å². The Morgan fingerprint density at radius 2 is 2.10 bits per heavy atom. The summed E-state index contributed by atoms with van der Waals surface area (Å²) < 4.78 is 20.4. The highest BCUT2D eigenvalue weighted by molar-refractivity contribution is 6.33. The molecule has 2 aromatic rings. The molecule has 2 aromatic carbocycles. The van der Waals surface area contributed by atoms with Gasteiger partial charge in [0.1, 0.15) is 5.82 Å². The predicted octanol–water partition coefficient (Wildman–Crippen LogP) is 4.37. The van der Waals surface area contributed by atoms with Gasteiger partial charge in [0.25, 0.3) is 11.8 Å². The number of carbonyl (C=O) groups excluding carboxylic acids is 2. The standard InChI is InChI=1S/C24H26ClFN2O3/c1-13-4-5-16-11-28(13)24(30)19-10-17(14(2)21(25)22(19)31-12-16)8-15-6-7-18(20(26)9-15)23(29)27-3/h6-7,9-10,13,16H,4-5,8,11-12H2,1-3H3,(H,27,29)/t13-,16-/m0/s1. The van der Waals surface area contributed by atoms with Crippen molar-refractivity contribution in [1.29, 1.82) is 0 Å². The molecule has 7 heteroatoms. The van der Waals surface area contributed by atoms with Gasteiger partial charge in [-0.15, -0.1) is 0 Å². The second-order valence-electron chi connectivity index (χ2n) is 8.48. The normalized spacial score (nSPS) is 20.4. The first-order valence-corrected chi connectivity index (χ1v) is 10.9. The van der Waals surface area contributed by atoms with Crippen LogP contribution in [0.4, 0.5) is 4.39 Å². The van der Waals surface area contributed by atoms with E-state index in [4.69, 9.17) is 16.3 Å². The Kier molecular flexibility index (Phi) is 5.93. The van der Waals surface area contributed by atoms with Crippen LogP contribution in [0.1, 0.15) is 57.2 Å². The Labute approximate surface area is 186 Å². The maximum Gasteiger partial charge on any atom is 0.257 e. The Morgan fingerprint density at radius 3 is 2.81 bits per heavy atom. The van der Waals surface area contributed by atoms with Crippen molar-refractivity contribution >= 4 is 23.4 Å². The number of nitrogens with zero attached hydrogens (tertiary/aromatic N) is 1. The molecule has 2 aliphatic heterocycles. The third-order valence-corrected chi connectivity index (χ3v) is 6.86. The van der Waals surface area contributed by atoms with Crippen LogP contribution in [-0.2, 0) is 6.42 Å². The summed E-state index contributed by atoms with van der Waals surface area (Å²) in [6.07, 6.45) is 2.38. The van der Waals surface area contributed by atoms with Gasteiger partial charge in [-0.2, -0.15) is 0 Å². The molecule has 2 heterocycles. The van der Waals surface area contributed by atoms with Gasteiger partial charge in [0.15, 0.2) is 5.75 Å². The molecule has 0 unspecified atom stereocenters. The summed E-state index contributed by atoms with van der Waals surface area (Å²) in [6.45, 7) is 5.17. The van der Waals surface area contributed by atoms with E-state index in [1.165, 1.54) is 19.2 Å². The van der Waals surface area contributed by atoms with Crippen molar-refractivity contribution in [2.45, 2.75) is 39.2 Å². The number of amides is 2. The van der Waals surface area contributed by atoms with Crippen LogP contribution < -0.4 is 10.1 Å². The van der Waals surface area contributed by atoms with Crippen molar-refractivity contribution in [2.75, 3.05) is 20.2 Å². The summed E-state index contributed by atoms with van der Waals surface area (Å²) in [5.41, 5.74) is 2.78. The minimum atomic E-state index is -0.584. The Hall–Kier alpha value is -2.60. The molecule has 2 bridgehead atoms. The van der Waals surface area contributed by atoms with Gasteiger partial charge in [0, 0.05) is 25.6 Å². The minimum absolute atomic E-state index is 0.00333. The van der Waals surface area contributed by atoms with E-state index in [-0.39, 0.29) is 17.5 Å². The summed E-state index contributed by atoms with van der Waals surface area (Å²) in [4.78, 5) is 27.0. The number of nitrogens with one attached hydrogen (secondary N) is 1. The van der Waals surface area contributed by atoms with Gasteiger partial charge in [-0.25, -0.2) is 4.39 Å². The van der Waals surface area contributed by atoms with Gasteiger partial charge in [-0.1, -0.05) is 17.7 Å². The van der Waals surface area contributed by atoms with Crippen LogP contribution in [0.25, 0.3) is 0 Å². The lowest BCUT2D eigenvalue weighted by Gasteiger charge is -2.40. The molecular weight excluding hydrogens is 419 g/mol. The smallest absolute Gasteiger partial charge is 0.257 e. The lowest BCUT2D eigenvalue weighted by molar-refractivity contribution is 0.0457. The van der Waals surface area contributed by atoms with Crippen molar-refractivity contribution in [3.63, 3.8) is 0 Å². The molecule has 0 radical (unpaired) electrons. The van der Waals surface area contributed by atoms with Crippen LogP contribution >= 0.6 is 11.6 Å². The fourth-order valence-corrected chi connectivity index (χ4v) is 4.70. The monoisotopic (exact) mass is 444 g/mol. The van der Waals surface area contributed by atoms with E-state index in [9.17, 15) is 14.0 Å². The summed E-state index contributed by atoms with van der Waals surface area (Å²) >= 11 is 6.66. The Balaban J connectivity index is 1.72. The number of hydrogen-bond donors (Lipinski definition) is 1. The van der Waals surface area contributed by atoms with Gasteiger partial charge in [-0.05, 0) is 68.0 Å². The minimum Gasteiger partial charge on any atom is -0.491 e. The molecule has 1 N–H and O–H groups in total. The highest BCUT2D eigenvalue weighted by Gasteiger charge is 2.35. The molecule has 0 aromatic heterocycles. The average Bonchev–Trinajstić information content (AvgIpc) is 2.75. The summed E-state index contributed by atoms with van der Waals surface area (Å²) in [5, 5.41) is 2.85. The number of benzene rings is 2. The van der Waals surface area contributed by atoms with Gasteiger partial charge in [0.05, 0.1) is 22.8 Å². The fraction of sp³-hybridized carbons (Fsp3) is 0.417. The molecule has 164 valence electrons. The molecule has 0 saturated carbocycles. The van der Waals surface area contributed by atoms with E-state index >= 15 is 0 Å². The van der Waals surface area contributed by atoms with Crippen LogP contribution in [-0.4, -0.2) is 43.0 Å². The third kappa shape index (κ3) is 4.01. The first kappa shape index (κ1) is 21.6. The van der Waals surface area contributed by atoms with Crippen LogP contribution in [0.3, 0.4) is 0 Å². The van der Waals surface area contributed by atoms with Crippen LogP contribution in [0, 0.1) is 18.7 Å². The van der Waals surface area contributed by atoms with Gasteiger partial charge >= 0.3 is 0 Å². The lowest BCUT2D eigenvalue weighted by Crippen LogP contribution is -2.48. The Morgan fingerprint density at radius 1 is 1.32 bits per heavy atom. The van der Waals surface area contributed by atoms with Gasteiger partial charge < -0.3 is 15.0 Å². The quantitative estimate of drug-likeness (QED) is 0.764. The number of carbonyl (C=O) groups is 2. The van der Waals surface area contributed by atoms with E-state index < -0.39 is 11.7 Å². The highest BCUT2D eigenvalue weighted by atomic mass is 35.5. The molecule has 1 saturated heterocycles. The highest BCUT2D eigenvalue weighted by Crippen LogP contribution is 2.39. The van der Waals surface area contributed by atoms with E-state index in [1.807, 2.05) is 17.9 Å². The van der Waals surface area contributed by atoms with Crippen LogP contribution in [0.5, 0.6) is 5.75 Å². The predicted molar refractivity (Wildman–Crippen MR) is 118 cm³/mol. The maximum atomic E-state index is 14.4. The summed E-state index contributed by atoms with van der Waals surface area (Å²) in [5.74, 6) is -0.374. The lowest BCUT2D eigenvalue weighted by atomic mass is 9.91. The number of ether oxygens (including phenoxy) is 1. The largest absolute Gasteiger partial charge is 0.491 e. The zero-order valence-electron chi connectivity index (χ0n) is 17.9. The molecule has 31 heavy (non-hydrogen) atoms. The summed E-state index contributed by atoms with van der Waals surface area (Å²) in [6, 6.07) is 6.53. The molecular formula is C24H26ClFN2O3. The Bertz CT molecular complexity index is 1060. The van der Waals surface area contributed by atoms with E-state index in [0.717, 1.165) is 24.0 Å². The SMILES string of the molecule is CNC(=O)c1ccc(Cc2cc3c(c(Cl)c2C)OC[C@H]2CC[C@H](C)N(C2)C3=O)cc1F. The molecule has 1 fully saturated rings. The van der Waals surface area contributed by atoms with E-state index in [1.54, 1.807) is 6.07 Å². The van der Waals surface area contributed by atoms with Crippen molar-refractivity contribution < 1.29 is 18.7 Å². The van der Waals surface area contributed by atoms with Gasteiger partial charge in [0.2, 0.25) is 0 Å². The number of hydrogen-bond acceptors (Lipinski definition) is 3. The zero-order chi connectivity index (χ0) is 22.3. The second-order valence-corrected chi connectivity index (χ2v) is 8.86.